The van der Waals surface area contributed by atoms with Crippen molar-refractivity contribution in [1.82, 2.24) is 29.2 Å². The number of amides is 1. The summed E-state index contributed by atoms with van der Waals surface area (Å²) in [6, 6.07) is 2.84. The van der Waals surface area contributed by atoms with Crippen LogP contribution in [0.3, 0.4) is 0 Å². The smallest absolute Gasteiger partial charge is 0.278 e. The molecule has 1 amide bonds. The van der Waals surface area contributed by atoms with Gasteiger partial charge in [0.15, 0.2) is 17.3 Å². The van der Waals surface area contributed by atoms with Crippen molar-refractivity contribution in [3.05, 3.63) is 59.3 Å². The molecule has 1 aromatic carbocycles. The molecule has 12 nitrogen and oxygen atoms in total. The number of likely N-dealkylation sites (N-methyl/N-ethyl adjacent to an activating group) is 1. The highest BCUT2D eigenvalue weighted by Gasteiger charge is 2.23. The zero-order chi connectivity index (χ0) is 29.7. The number of nitrogens with zero attached hydrogens (tertiary/aromatic N) is 8. The van der Waals surface area contributed by atoms with Gasteiger partial charge in [0.1, 0.15) is 16.8 Å². The molecule has 0 saturated carbocycles. The molecular weight excluding hydrogens is 529 g/mol. The Hall–Kier alpha value is -4.52. The summed E-state index contributed by atoms with van der Waals surface area (Å²) in [7, 11) is 3.54. The monoisotopic (exact) mass is 565 g/mol. The Kier molecular flexibility index (Phi) is 9.17. The van der Waals surface area contributed by atoms with E-state index in [1.54, 1.807) is 31.2 Å². The number of allylic oxidation sites excluding steroid dienone is 3. The van der Waals surface area contributed by atoms with E-state index in [4.69, 9.17) is 4.74 Å². The third kappa shape index (κ3) is 6.14. The Morgan fingerprint density at radius 1 is 1.29 bits per heavy atom. The van der Waals surface area contributed by atoms with Gasteiger partial charge in [-0.2, -0.15) is 10.1 Å². The Labute approximate surface area is 238 Å². The zero-order valence-electron chi connectivity index (χ0n) is 24.0. The summed E-state index contributed by atoms with van der Waals surface area (Å²) in [5.74, 6) is 0.372. The van der Waals surface area contributed by atoms with Crippen molar-refractivity contribution >= 4 is 40.6 Å². The predicted octanol–water partition coefficient (Wildman–Crippen LogP) is 3.03. The number of piperazine rings is 1. The van der Waals surface area contributed by atoms with E-state index in [0.717, 1.165) is 13.1 Å². The fourth-order valence-electron chi connectivity index (χ4n) is 4.55. The SMILES string of the molecule is C=CCn1c(=O)c2cnc(Nc3cc(F)c(N4CCN(C)CC4)c(OC)c3)nc2n1C(/C=C\C)=N/N(C=O)C(C)C. The number of hydrazone groups is 1. The van der Waals surface area contributed by atoms with E-state index in [9.17, 15) is 9.59 Å². The Morgan fingerprint density at radius 2 is 2.02 bits per heavy atom. The first kappa shape index (κ1) is 29.5. The molecule has 2 aromatic heterocycles. The van der Waals surface area contributed by atoms with Crippen molar-refractivity contribution in [1.29, 1.82) is 0 Å². The molecule has 1 fully saturated rings. The molecule has 3 aromatic rings. The molecular formula is C28H36FN9O3. The summed E-state index contributed by atoms with van der Waals surface area (Å²) in [6.07, 6.45) is 7.01. The Bertz CT molecular complexity index is 1530. The molecule has 1 N–H and O–H groups in total. The van der Waals surface area contributed by atoms with Crippen molar-refractivity contribution in [2.75, 3.05) is 50.6 Å². The van der Waals surface area contributed by atoms with Crippen LogP contribution in [-0.4, -0.2) is 87.9 Å². The van der Waals surface area contributed by atoms with E-state index in [1.807, 2.05) is 25.8 Å². The maximum Gasteiger partial charge on any atom is 0.278 e. The van der Waals surface area contributed by atoms with Gasteiger partial charge < -0.3 is 19.9 Å². The minimum absolute atomic E-state index is 0.131. The molecule has 13 heteroatoms. The lowest BCUT2D eigenvalue weighted by Gasteiger charge is -2.35. The molecule has 0 spiro atoms. The quantitative estimate of drug-likeness (QED) is 0.131. The number of carbonyl (C=O) groups is 1. The fourth-order valence-corrected chi connectivity index (χ4v) is 4.55. The number of methoxy groups -OCH3 is 1. The first-order valence-electron chi connectivity index (χ1n) is 13.3. The van der Waals surface area contributed by atoms with Crippen LogP contribution in [0.2, 0.25) is 0 Å². The van der Waals surface area contributed by atoms with Crippen molar-refractivity contribution in [3.63, 3.8) is 0 Å². The van der Waals surface area contributed by atoms with Gasteiger partial charge in [0.25, 0.3) is 5.56 Å². The van der Waals surface area contributed by atoms with Gasteiger partial charge in [-0.15, -0.1) is 6.58 Å². The second kappa shape index (κ2) is 12.8. The summed E-state index contributed by atoms with van der Waals surface area (Å²) in [4.78, 5) is 38.1. The standard InChI is InChI=1S/C28H36FN9O3/c1-7-9-24(33-36(18-39)19(3)4)38-26-21(27(40)37(38)10-8-2)17-30-28(32-26)31-20-15-22(29)25(23(16-20)41-6)35-13-11-34(5)12-14-35/h7-9,15-19H,2,10-14H2,1,3-6H3,(H,30,31,32)/b9-7-,33-24+. The van der Waals surface area contributed by atoms with Gasteiger partial charge in [-0.05, 0) is 40.0 Å². The van der Waals surface area contributed by atoms with E-state index in [0.29, 0.717) is 36.6 Å². The highest BCUT2D eigenvalue weighted by atomic mass is 19.1. The third-order valence-electron chi connectivity index (χ3n) is 6.69. The van der Waals surface area contributed by atoms with Crippen molar-refractivity contribution in [3.8, 4) is 5.75 Å². The van der Waals surface area contributed by atoms with Gasteiger partial charge >= 0.3 is 0 Å². The number of aromatic nitrogens is 4. The number of fused-ring (bicyclic) bond motifs is 1. The largest absolute Gasteiger partial charge is 0.494 e. The second-order valence-corrected chi connectivity index (χ2v) is 9.88. The molecule has 0 radical (unpaired) electrons. The van der Waals surface area contributed by atoms with Crippen molar-refractivity contribution in [2.24, 2.45) is 5.10 Å². The van der Waals surface area contributed by atoms with Crippen LogP contribution in [0.1, 0.15) is 20.8 Å². The van der Waals surface area contributed by atoms with Gasteiger partial charge in [-0.25, -0.2) is 23.7 Å². The Morgan fingerprint density at radius 3 is 2.63 bits per heavy atom. The summed E-state index contributed by atoms with van der Waals surface area (Å²) in [5.41, 5.74) is 0.692. The van der Waals surface area contributed by atoms with Gasteiger partial charge in [-0.3, -0.25) is 9.59 Å². The van der Waals surface area contributed by atoms with E-state index < -0.39 is 5.82 Å². The van der Waals surface area contributed by atoms with E-state index >= 15 is 4.39 Å². The summed E-state index contributed by atoms with van der Waals surface area (Å²) < 4.78 is 23.9. The topological polar surface area (TPSA) is 113 Å². The van der Waals surface area contributed by atoms with Gasteiger partial charge in [0.2, 0.25) is 12.4 Å². The fraction of sp³-hybridized carbons (Fsp3) is 0.393. The van der Waals surface area contributed by atoms with Crippen LogP contribution in [0, 0.1) is 5.82 Å². The molecule has 4 rings (SSSR count). The normalized spacial score (nSPS) is 14.7. The van der Waals surface area contributed by atoms with Crippen LogP contribution in [0.4, 0.5) is 21.7 Å². The number of ether oxygens (including phenoxy) is 1. The number of rotatable bonds is 10. The molecule has 1 aliphatic heterocycles. The number of carbonyl (C=O) groups excluding carboxylic acids is 1. The van der Waals surface area contributed by atoms with Gasteiger partial charge in [0.05, 0.1) is 13.7 Å². The molecule has 1 saturated heterocycles. The summed E-state index contributed by atoms with van der Waals surface area (Å²) in [5, 5.41) is 9.01. The minimum Gasteiger partial charge on any atom is -0.494 e. The van der Waals surface area contributed by atoms with Gasteiger partial charge in [0, 0.05) is 50.2 Å². The van der Waals surface area contributed by atoms with Crippen LogP contribution in [0.5, 0.6) is 5.75 Å². The van der Waals surface area contributed by atoms with E-state index in [-0.39, 0.29) is 41.0 Å². The van der Waals surface area contributed by atoms with Crippen LogP contribution < -0.4 is 20.5 Å². The average Bonchev–Trinajstić information content (AvgIpc) is 3.21. The highest BCUT2D eigenvalue weighted by Crippen LogP contribution is 2.35. The number of halogens is 1. The molecule has 0 aliphatic carbocycles. The minimum atomic E-state index is -0.434. The van der Waals surface area contributed by atoms with Crippen LogP contribution in [-0.2, 0) is 11.3 Å². The molecule has 3 heterocycles. The van der Waals surface area contributed by atoms with Crippen molar-refractivity contribution < 1.29 is 13.9 Å². The molecule has 0 bridgehead atoms. The van der Waals surface area contributed by atoms with Gasteiger partial charge in [-0.1, -0.05) is 12.2 Å². The zero-order valence-corrected chi connectivity index (χ0v) is 24.0. The lowest BCUT2D eigenvalue weighted by Crippen LogP contribution is -2.45. The summed E-state index contributed by atoms with van der Waals surface area (Å²) >= 11 is 0. The summed E-state index contributed by atoms with van der Waals surface area (Å²) in [6.45, 7) is 12.4. The highest BCUT2D eigenvalue weighted by molar-refractivity contribution is 5.99. The van der Waals surface area contributed by atoms with Crippen LogP contribution in [0.25, 0.3) is 11.0 Å². The molecule has 0 unspecified atom stereocenters. The second-order valence-electron chi connectivity index (χ2n) is 9.88. The lowest BCUT2D eigenvalue weighted by molar-refractivity contribution is -0.119. The molecule has 1 aliphatic rings. The number of anilines is 3. The number of hydrogen-bond acceptors (Lipinski definition) is 9. The molecule has 218 valence electrons. The molecule has 0 atom stereocenters. The molecule has 41 heavy (non-hydrogen) atoms. The first-order valence-corrected chi connectivity index (χ1v) is 13.3. The third-order valence-corrected chi connectivity index (χ3v) is 6.69. The number of hydrogen-bond donors (Lipinski definition) is 1. The number of nitrogens with one attached hydrogen (secondary N) is 1. The van der Waals surface area contributed by atoms with E-state index in [2.05, 4.69) is 31.9 Å². The maximum absolute atomic E-state index is 15.4. The van der Waals surface area contributed by atoms with Crippen LogP contribution in [0.15, 0.2) is 53.0 Å². The van der Waals surface area contributed by atoms with E-state index in [1.165, 1.54) is 33.7 Å². The average molecular weight is 566 g/mol. The lowest BCUT2D eigenvalue weighted by atomic mass is 10.2. The first-order chi connectivity index (χ1) is 19.7. The predicted molar refractivity (Wildman–Crippen MR) is 159 cm³/mol. The maximum atomic E-state index is 15.4. The Balaban J connectivity index is 1.79. The van der Waals surface area contributed by atoms with Crippen molar-refractivity contribution in [2.45, 2.75) is 33.4 Å². The number of benzene rings is 1. The van der Waals surface area contributed by atoms with Crippen LogP contribution >= 0.6 is 0 Å².